The molecule has 9 rings (SSSR count). The van der Waals surface area contributed by atoms with Crippen molar-refractivity contribution in [1.82, 2.24) is 19.9 Å². The zero-order valence-corrected chi connectivity index (χ0v) is 27.1. The third-order valence-corrected chi connectivity index (χ3v) is 9.14. The van der Waals surface area contributed by atoms with Crippen LogP contribution in [0, 0.1) is 0 Å². The van der Waals surface area contributed by atoms with Crippen LogP contribution in [0.25, 0.3) is 89.4 Å². The Morgan fingerprint density at radius 3 is 1.30 bits per heavy atom. The molecule has 0 unspecified atom stereocenters. The zero-order valence-electron chi connectivity index (χ0n) is 27.1. The summed E-state index contributed by atoms with van der Waals surface area (Å²) in [5.74, 6) is 1.95. The van der Waals surface area contributed by atoms with Gasteiger partial charge in [-0.3, -0.25) is 0 Å². The van der Waals surface area contributed by atoms with Gasteiger partial charge in [0.25, 0.3) is 0 Å². The van der Waals surface area contributed by atoms with Gasteiger partial charge in [0.1, 0.15) is 0 Å². The molecule has 0 saturated carbocycles. The predicted molar refractivity (Wildman–Crippen MR) is 205 cm³/mol. The van der Waals surface area contributed by atoms with Crippen LogP contribution in [0.4, 0.5) is 0 Å². The van der Waals surface area contributed by atoms with Crippen molar-refractivity contribution in [3.8, 4) is 67.7 Å². The summed E-state index contributed by atoms with van der Waals surface area (Å²) >= 11 is 0. The van der Waals surface area contributed by atoms with Crippen LogP contribution in [0.2, 0.25) is 0 Å². The Kier molecular flexibility index (Phi) is 7.45. The first-order chi connectivity index (χ1) is 24.8. The summed E-state index contributed by atoms with van der Waals surface area (Å²) < 4.78 is 0. The van der Waals surface area contributed by atoms with Crippen molar-refractivity contribution in [2.45, 2.75) is 0 Å². The van der Waals surface area contributed by atoms with Crippen LogP contribution < -0.4 is 0 Å². The molecule has 0 fully saturated rings. The molecule has 234 valence electrons. The first kappa shape index (κ1) is 29.4. The third-order valence-electron chi connectivity index (χ3n) is 9.14. The van der Waals surface area contributed by atoms with Crippen LogP contribution in [0.1, 0.15) is 0 Å². The Labute approximate surface area is 290 Å². The van der Waals surface area contributed by atoms with E-state index in [9.17, 15) is 0 Å². The molecule has 0 saturated heterocycles. The van der Waals surface area contributed by atoms with E-state index in [0.29, 0.717) is 17.5 Å². The lowest BCUT2D eigenvalue weighted by Gasteiger charge is -2.13. The average Bonchev–Trinajstić information content (AvgIpc) is 3.21. The molecule has 0 amide bonds. The summed E-state index contributed by atoms with van der Waals surface area (Å²) in [5.41, 5.74) is 10.5. The van der Waals surface area contributed by atoms with E-state index >= 15 is 0 Å². The minimum absolute atomic E-state index is 0.643. The average molecular weight is 639 g/mol. The molecule has 0 radical (unpaired) electrons. The molecule has 4 heteroatoms. The lowest BCUT2D eigenvalue weighted by Crippen LogP contribution is -2.00. The van der Waals surface area contributed by atoms with Gasteiger partial charge in [0.2, 0.25) is 0 Å². The lowest BCUT2D eigenvalue weighted by molar-refractivity contribution is 1.07. The highest BCUT2D eigenvalue weighted by molar-refractivity contribution is 6.13. The Morgan fingerprint density at radius 2 is 0.740 bits per heavy atom. The first-order valence-electron chi connectivity index (χ1n) is 16.7. The van der Waals surface area contributed by atoms with Gasteiger partial charge in [-0.25, -0.2) is 19.9 Å². The van der Waals surface area contributed by atoms with Gasteiger partial charge in [0.05, 0.1) is 11.2 Å². The minimum Gasteiger partial charge on any atom is -0.248 e. The van der Waals surface area contributed by atoms with Gasteiger partial charge in [0.15, 0.2) is 17.5 Å². The van der Waals surface area contributed by atoms with Crippen LogP contribution in [0.5, 0.6) is 0 Å². The highest BCUT2D eigenvalue weighted by Gasteiger charge is 2.14. The van der Waals surface area contributed by atoms with Gasteiger partial charge in [0, 0.05) is 27.6 Å². The van der Waals surface area contributed by atoms with E-state index in [1.165, 1.54) is 27.3 Å². The highest BCUT2D eigenvalue weighted by atomic mass is 15.0. The lowest BCUT2D eigenvalue weighted by atomic mass is 9.94. The molecule has 2 aromatic heterocycles. The number of aromatic nitrogens is 4. The Bertz CT molecular complexity index is 2540. The third kappa shape index (κ3) is 5.59. The van der Waals surface area contributed by atoms with Crippen LogP contribution >= 0.6 is 0 Å². The van der Waals surface area contributed by atoms with Crippen molar-refractivity contribution in [2.75, 3.05) is 0 Å². The summed E-state index contributed by atoms with van der Waals surface area (Å²) in [5, 5.41) is 3.61. The van der Waals surface area contributed by atoms with E-state index in [4.69, 9.17) is 19.9 Å². The van der Waals surface area contributed by atoms with Crippen molar-refractivity contribution in [1.29, 1.82) is 0 Å². The molecule has 4 nitrogen and oxygen atoms in total. The molecule has 0 N–H and O–H groups in total. The van der Waals surface area contributed by atoms with Gasteiger partial charge in [-0.2, -0.15) is 0 Å². The van der Waals surface area contributed by atoms with Crippen molar-refractivity contribution >= 4 is 21.7 Å². The Hall–Kier alpha value is -6.78. The fraction of sp³-hybridized carbons (Fsp3) is 0. The summed E-state index contributed by atoms with van der Waals surface area (Å²) in [6.07, 6.45) is 0. The zero-order chi connectivity index (χ0) is 33.3. The fourth-order valence-corrected chi connectivity index (χ4v) is 6.58. The monoisotopic (exact) mass is 638 g/mol. The Balaban J connectivity index is 1.06. The van der Waals surface area contributed by atoms with E-state index in [1.54, 1.807) is 0 Å². The van der Waals surface area contributed by atoms with Crippen LogP contribution in [0.15, 0.2) is 182 Å². The number of pyridine rings is 1. The largest absolute Gasteiger partial charge is 0.248 e. The number of hydrogen-bond donors (Lipinski definition) is 0. The summed E-state index contributed by atoms with van der Waals surface area (Å²) in [6.45, 7) is 0. The molecular formula is C46H30N4. The minimum atomic E-state index is 0.643. The quantitative estimate of drug-likeness (QED) is 0.170. The number of hydrogen-bond acceptors (Lipinski definition) is 4. The molecule has 0 aliphatic rings. The summed E-state index contributed by atoms with van der Waals surface area (Å²) in [7, 11) is 0. The molecule has 7 aromatic carbocycles. The normalized spacial score (nSPS) is 11.2. The van der Waals surface area contributed by atoms with E-state index in [-0.39, 0.29) is 0 Å². The van der Waals surface area contributed by atoms with E-state index in [1.807, 2.05) is 60.7 Å². The van der Waals surface area contributed by atoms with Gasteiger partial charge < -0.3 is 0 Å². The maximum absolute atomic E-state index is 5.17. The summed E-state index contributed by atoms with van der Waals surface area (Å²) in [6, 6.07) is 62.9. The number of benzene rings is 7. The molecule has 50 heavy (non-hydrogen) atoms. The van der Waals surface area contributed by atoms with Crippen LogP contribution in [0.3, 0.4) is 0 Å². The van der Waals surface area contributed by atoms with Crippen molar-refractivity contribution < 1.29 is 0 Å². The van der Waals surface area contributed by atoms with Crippen LogP contribution in [-0.4, -0.2) is 19.9 Å². The van der Waals surface area contributed by atoms with E-state index in [0.717, 1.165) is 44.6 Å². The predicted octanol–water partition coefficient (Wildman–Crippen LogP) is 11.6. The first-order valence-corrected chi connectivity index (χ1v) is 16.7. The van der Waals surface area contributed by atoms with Gasteiger partial charge in [-0.15, -0.1) is 0 Å². The van der Waals surface area contributed by atoms with Crippen molar-refractivity contribution in [2.24, 2.45) is 0 Å². The second kappa shape index (κ2) is 12.7. The van der Waals surface area contributed by atoms with Crippen molar-refractivity contribution in [3.05, 3.63) is 182 Å². The molecular weight excluding hydrogens is 609 g/mol. The molecule has 0 spiro atoms. The van der Waals surface area contributed by atoms with E-state index in [2.05, 4.69) is 121 Å². The highest BCUT2D eigenvalue weighted by Crippen LogP contribution is 2.37. The molecule has 2 heterocycles. The number of nitrogens with zero attached hydrogens (tertiary/aromatic N) is 4. The molecule has 9 aromatic rings. The van der Waals surface area contributed by atoms with Gasteiger partial charge in [-0.1, -0.05) is 170 Å². The topological polar surface area (TPSA) is 51.6 Å². The maximum Gasteiger partial charge on any atom is 0.164 e. The maximum atomic E-state index is 5.17. The molecule has 0 atom stereocenters. The standard InChI is InChI=1S/C46H30N4/c1-4-12-33(13-5-1)40-30-42(47-41-29-28-34-14-10-11-19-39(34)43(40)41)35-24-20-31(21-25-35)32-22-26-38(27-23-32)46-49-44(36-15-6-2-7-16-36)48-45(50-46)37-17-8-3-9-18-37/h1-30H. The second-order valence-electron chi connectivity index (χ2n) is 12.3. The molecule has 0 bridgehead atoms. The van der Waals surface area contributed by atoms with Gasteiger partial charge in [-0.05, 0) is 45.2 Å². The smallest absolute Gasteiger partial charge is 0.164 e. The molecule has 0 aliphatic heterocycles. The summed E-state index contributed by atoms with van der Waals surface area (Å²) in [4.78, 5) is 19.8. The second-order valence-corrected chi connectivity index (χ2v) is 12.3. The fourth-order valence-electron chi connectivity index (χ4n) is 6.58. The van der Waals surface area contributed by atoms with Crippen LogP contribution in [-0.2, 0) is 0 Å². The number of rotatable bonds is 6. The molecule has 0 aliphatic carbocycles. The number of fused-ring (bicyclic) bond motifs is 3. The SMILES string of the molecule is c1ccc(-c2nc(-c3ccccc3)nc(-c3ccc(-c4ccc(-c5cc(-c6ccccc6)c6c(ccc7ccccc76)n5)cc4)cc3)n2)cc1. The van der Waals surface area contributed by atoms with Gasteiger partial charge >= 0.3 is 0 Å². The Morgan fingerprint density at radius 1 is 0.300 bits per heavy atom. The van der Waals surface area contributed by atoms with Crippen molar-refractivity contribution in [3.63, 3.8) is 0 Å². The van der Waals surface area contributed by atoms with E-state index < -0.39 is 0 Å².